The van der Waals surface area contributed by atoms with Crippen molar-refractivity contribution in [2.24, 2.45) is 0 Å². The third-order valence-electron chi connectivity index (χ3n) is 13.8. The highest BCUT2D eigenvalue weighted by molar-refractivity contribution is 6.22. The van der Waals surface area contributed by atoms with Crippen LogP contribution in [0.4, 0.5) is 0 Å². The van der Waals surface area contributed by atoms with Gasteiger partial charge in [-0.1, -0.05) is 243 Å². The first-order valence-electron chi connectivity index (χ1n) is 22.9. The number of hydrogen-bond acceptors (Lipinski definition) is 0. The van der Waals surface area contributed by atoms with E-state index in [9.17, 15) is 0 Å². The summed E-state index contributed by atoms with van der Waals surface area (Å²) in [6, 6.07) is 94.2. The molecule has 0 amide bonds. The molecule has 0 fully saturated rings. The fourth-order valence-corrected chi connectivity index (χ4v) is 10.8. The topological polar surface area (TPSA) is 0 Å². The van der Waals surface area contributed by atoms with Crippen molar-refractivity contribution in [1.29, 1.82) is 0 Å². The van der Waals surface area contributed by atoms with Crippen LogP contribution in [0, 0.1) is 0 Å². The Morgan fingerprint density at radius 3 is 1.15 bits per heavy atom. The van der Waals surface area contributed by atoms with Gasteiger partial charge in [0.25, 0.3) is 0 Å². The quantitative estimate of drug-likeness (QED) is 0.146. The van der Waals surface area contributed by atoms with E-state index in [1.54, 1.807) is 0 Å². The lowest BCUT2D eigenvalue weighted by atomic mass is 9.84. The Kier molecular flexibility index (Phi) is 8.96. The average Bonchev–Trinajstić information content (AvgIpc) is 3.39. The smallest absolute Gasteiger partial charge is 0.00262 e. The molecule has 0 atom stereocenters. The minimum absolute atomic E-state index is 1.20. The van der Waals surface area contributed by atoms with E-state index in [0.717, 1.165) is 0 Å². The van der Waals surface area contributed by atoms with Crippen LogP contribution in [0.15, 0.2) is 255 Å². The van der Waals surface area contributed by atoms with E-state index in [4.69, 9.17) is 0 Å². The molecule has 13 rings (SSSR count). The summed E-state index contributed by atoms with van der Waals surface area (Å²) in [5.41, 5.74) is 14.8. The molecule has 66 heavy (non-hydrogen) atoms. The lowest BCUT2D eigenvalue weighted by Crippen LogP contribution is -1.93. The number of benzene rings is 13. The zero-order chi connectivity index (χ0) is 43.6. The fourth-order valence-electron chi connectivity index (χ4n) is 10.8. The minimum atomic E-state index is 1.20. The molecule has 0 saturated carbocycles. The predicted octanol–water partition coefficient (Wildman–Crippen LogP) is 18.6. The monoisotopic (exact) mass is 834 g/mol. The van der Waals surface area contributed by atoms with Crippen molar-refractivity contribution >= 4 is 64.6 Å². The van der Waals surface area contributed by atoms with Crippen LogP contribution in [-0.2, 0) is 0 Å². The second kappa shape index (κ2) is 15.6. The standard InChI is InChI=1S/C66H42/c1-2-19-49-41-52(36-31-43(49)15-1)65-55-25-8-5-17-45(55)37-39-56(65)50-21-13-22-51(42-50)66-60-28-11-9-26-58(60)64(59-27-10-12-29-61(59)66)48-34-32-47(33-35-48)63-54-24-7-4-18-46(54)38-40-62(63)57-30-14-20-44-16-3-6-23-53(44)57/h1-42H. The van der Waals surface area contributed by atoms with E-state index in [-0.39, 0.29) is 0 Å². The van der Waals surface area contributed by atoms with Gasteiger partial charge in [0.2, 0.25) is 0 Å². The highest BCUT2D eigenvalue weighted by atomic mass is 14.2. The molecular weight excluding hydrogens is 793 g/mol. The highest BCUT2D eigenvalue weighted by Gasteiger charge is 2.20. The van der Waals surface area contributed by atoms with Crippen LogP contribution in [0.1, 0.15) is 0 Å². The van der Waals surface area contributed by atoms with E-state index >= 15 is 0 Å². The normalized spacial score (nSPS) is 11.6. The summed E-state index contributed by atoms with van der Waals surface area (Å²) in [5.74, 6) is 0. The van der Waals surface area contributed by atoms with Gasteiger partial charge in [0.05, 0.1) is 0 Å². The first kappa shape index (κ1) is 37.9. The molecule has 13 aromatic rings. The van der Waals surface area contributed by atoms with Crippen LogP contribution in [0.2, 0.25) is 0 Å². The van der Waals surface area contributed by atoms with Crippen molar-refractivity contribution in [3.8, 4) is 66.8 Å². The molecule has 0 unspecified atom stereocenters. The zero-order valence-electron chi connectivity index (χ0n) is 36.2. The number of hydrogen-bond donors (Lipinski definition) is 0. The number of fused-ring (bicyclic) bond motifs is 6. The Labute approximate surface area is 384 Å². The first-order chi connectivity index (χ1) is 32.7. The summed E-state index contributed by atoms with van der Waals surface area (Å²) in [6.45, 7) is 0. The van der Waals surface area contributed by atoms with E-state index in [1.165, 1.54) is 131 Å². The molecule has 0 aliphatic heterocycles. The molecule has 0 aromatic heterocycles. The third kappa shape index (κ3) is 6.22. The minimum Gasteiger partial charge on any atom is -0.0616 e. The van der Waals surface area contributed by atoms with Gasteiger partial charge in [-0.25, -0.2) is 0 Å². The molecule has 0 N–H and O–H groups in total. The molecule has 0 spiro atoms. The molecule has 0 heteroatoms. The van der Waals surface area contributed by atoms with Crippen molar-refractivity contribution in [2.45, 2.75) is 0 Å². The zero-order valence-corrected chi connectivity index (χ0v) is 36.2. The molecular formula is C66H42. The van der Waals surface area contributed by atoms with Gasteiger partial charge in [-0.05, 0) is 144 Å². The Hall–Kier alpha value is -8.58. The second-order valence-corrected chi connectivity index (χ2v) is 17.5. The van der Waals surface area contributed by atoms with Gasteiger partial charge >= 0.3 is 0 Å². The fraction of sp³-hybridized carbons (Fsp3) is 0. The molecule has 0 aliphatic carbocycles. The van der Waals surface area contributed by atoms with Gasteiger partial charge in [-0.3, -0.25) is 0 Å². The summed E-state index contributed by atoms with van der Waals surface area (Å²) in [6.07, 6.45) is 0. The Balaban J connectivity index is 0.974. The van der Waals surface area contributed by atoms with Crippen molar-refractivity contribution in [2.75, 3.05) is 0 Å². The molecule has 306 valence electrons. The predicted molar refractivity (Wildman–Crippen MR) is 284 cm³/mol. The van der Waals surface area contributed by atoms with E-state index in [1.807, 2.05) is 0 Å². The summed E-state index contributed by atoms with van der Waals surface area (Å²) in [7, 11) is 0. The third-order valence-corrected chi connectivity index (χ3v) is 13.8. The molecule has 0 nitrogen and oxygen atoms in total. The van der Waals surface area contributed by atoms with Gasteiger partial charge in [0, 0.05) is 0 Å². The average molecular weight is 835 g/mol. The summed E-state index contributed by atoms with van der Waals surface area (Å²) >= 11 is 0. The Morgan fingerprint density at radius 1 is 0.152 bits per heavy atom. The Bertz CT molecular complexity index is 3980. The lowest BCUT2D eigenvalue weighted by molar-refractivity contribution is 1.61. The van der Waals surface area contributed by atoms with Crippen LogP contribution in [0.5, 0.6) is 0 Å². The molecule has 0 radical (unpaired) electrons. The summed E-state index contributed by atoms with van der Waals surface area (Å²) in [4.78, 5) is 0. The van der Waals surface area contributed by atoms with Gasteiger partial charge in [0.1, 0.15) is 0 Å². The molecule has 0 heterocycles. The first-order valence-corrected chi connectivity index (χ1v) is 22.9. The molecule has 0 aliphatic rings. The highest BCUT2D eigenvalue weighted by Crippen LogP contribution is 2.47. The molecule has 0 saturated heterocycles. The van der Waals surface area contributed by atoms with Crippen molar-refractivity contribution in [3.63, 3.8) is 0 Å². The lowest BCUT2D eigenvalue weighted by Gasteiger charge is -2.20. The maximum Gasteiger partial charge on any atom is -0.00262 e. The van der Waals surface area contributed by atoms with Crippen LogP contribution < -0.4 is 0 Å². The van der Waals surface area contributed by atoms with E-state index in [2.05, 4.69) is 255 Å². The van der Waals surface area contributed by atoms with Gasteiger partial charge in [-0.2, -0.15) is 0 Å². The van der Waals surface area contributed by atoms with Crippen molar-refractivity contribution < 1.29 is 0 Å². The molecule has 0 bridgehead atoms. The summed E-state index contributed by atoms with van der Waals surface area (Å²) < 4.78 is 0. The maximum absolute atomic E-state index is 2.41. The second-order valence-electron chi connectivity index (χ2n) is 17.5. The summed E-state index contributed by atoms with van der Waals surface area (Å²) in [5, 5.41) is 15.0. The molecule has 13 aromatic carbocycles. The number of rotatable bonds is 6. The van der Waals surface area contributed by atoms with E-state index < -0.39 is 0 Å². The van der Waals surface area contributed by atoms with E-state index in [0.29, 0.717) is 0 Å². The Morgan fingerprint density at radius 2 is 0.530 bits per heavy atom. The van der Waals surface area contributed by atoms with Crippen LogP contribution in [0.3, 0.4) is 0 Å². The van der Waals surface area contributed by atoms with Gasteiger partial charge in [0.15, 0.2) is 0 Å². The SMILES string of the molecule is c1cc(-c2ccc3ccccc3c2-c2ccc3ccccc3c2)cc(-c2c3ccccc3c(-c3ccc(-c4c(-c5cccc6ccccc56)ccc5ccccc45)cc3)c3ccccc23)c1. The van der Waals surface area contributed by atoms with Crippen LogP contribution in [-0.4, -0.2) is 0 Å². The van der Waals surface area contributed by atoms with Crippen molar-refractivity contribution in [1.82, 2.24) is 0 Å². The van der Waals surface area contributed by atoms with Gasteiger partial charge in [-0.15, -0.1) is 0 Å². The largest absolute Gasteiger partial charge is 0.0616 e. The van der Waals surface area contributed by atoms with Crippen molar-refractivity contribution in [3.05, 3.63) is 255 Å². The van der Waals surface area contributed by atoms with Crippen LogP contribution >= 0.6 is 0 Å². The van der Waals surface area contributed by atoms with Gasteiger partial charge < -0.3 is 0 Å². The van der Waals surface area contributed by atoms with Crippen LogP contribution in [0.25, 0.3) is 131 Å². The maximum atomic E-state index is 2.41.